The van der Waals surface area contributed by atoms with Crippen LogP contribution in [0.2, 0.25) is 0 Å². The number of rotatable bonds is 6. The highest BCUT2D eigenvalue weighted by atomic mass is 32.2. The minimum Gasteiger partial charge on any atom is -0.497 e. The average Bonchev–Trinajstić information content (AvgIpc) is 3.11. The highest BCUT2D eigenvalue weighted by molar-refractivity contribution is 7.99. The molecule has 1 atom stereocenters. The van der Waals surface area contributed by atoms with Crippen molar-refractivity contribution in [3.05, 3.63) is 30.0 Å². The van der Waals surface area contributed by atoms with E-state index in [1.54, 1.807) is 25.1 Å². The average molecular weight is 334 g/mol. The van der Waals surface area contributed by atoms with Crippen molar-refractivity contribution >= 4 is 17.7 Å². The fourth-order valence-corrected chi connectivity index (χ4v) is 3.03. The molecule has 122 valence electrons. The summed E-state index contributed by atoms with van der Waals surface area (Å²) in [4.78, 5) is 12.2. The molecular formula is C15H18N4O3S. The van der Waals surface area contributed by atoms with Crippen LogP contribution in [-0.4, -0.2) is 47.3 Å². The molecule has 1 amide bonds. The van der Waals surface area contributed by atoms with Gasteiger partial charge in [-0.3, -0.25) is 4.79 Å². The molecule has 2 N–H and O–H groups in total. The molecule has 1 aromatic carbocycles. The van der Waals surface area contributed by atoms with Crippen LogP contribution >= 0.6 is 11.8 Å². The summed E-state index contributed by atoms with van der Waals surface area (Å²) in [5, 5.41) is 14.0. The van der Waals surface area contributed by atoms with Crippen LogP contribution in [0.4, 0.5) is 0 Å². The van der Waals surface area contributed by atoms with E-state index in [1.807, 2.05) is 18.2 Å². The molecule has 1 aromatic heterocycles. The van der Waals surface area contributed by atoms with Crippen LogP contribution in [0.15, 0.2) is 29.4 Å². The summed E-state index contributed by atoms with van der Waals surface area (Å²) < 4.78 is 10.9. The zero-order chi connectivity index (χ0) is 16.1. The molecule has 3 rings (SSSR count). The molecule has 23 heavy (non-hydrogen) atoms. The number of benzene rings is 1. The predicted molar refractivity (Wildman–Crippen MR) is 85.8 cm³/mol. The van der Waals surface area contributed by atoms with Crippen molar-refractivity contribution in [2.75, 3.05) is 26.0 Å². The van der Waals surface area contributed by atoms with Gasteiger partial charge in [-0.05, 0) is 18.1 Å². The number of hydrogen-bond acceptors (Lipinski definition) is 6. The number of amides is 1. The SMILES string of the molecule is COc1ccc2c(c1)OCC(C(=O)NCCSc1cn[nH]n1)C2. The lowest BCUT2D eigenvalue weighted by Crippen LogP contribution is -2.38. The second-order valence-corrected chi connectivity index (χ2v) is 6.25. The molecule has 1 aliphatic heterocycles. The predicted octanol–water partition coefficient (Wildman–Crippen LogP) is 1.27. The van der Waals surface area contributed by atoms with Crippen molar-refractivity contribution in [1.82, 2.24) is 20.7 Å². The quantitative estimate of drug-likeness (QED) is 0.611. The Morgan fingerprint density at radius 2 is 2.48 bits per heavy atom. The fourth-order valence-electron chi connectivity index (χ4n) is 2.38. The second-order valence-electron chi connectivity index (χ2n) is 5.13. The lowest BCUT2D eigenvalue weighted by Gasteiger charge is -2.25. The Hall–Kier alpha value is -2.22. The molecule has 0 bridgehead atoms. The fraction of sp³-hybridized carbons (Fsp3) is 0.400. The molecule has 1 unspecified atom stereocenters. The number of aromatic nitrogens is 3. The molecule has 2 heterocycles. The third-order valence-electron chi connectivity index (χ3n) is 3.60. The molecule has 8 heteroatoms. The van der Waals surface area contributed by atoms with Gasteiger partial charge >= 0.3 is 0 Å². The van der Waals surface area contributed by atoms with Crippen LogP contribution < -0.4 is 14.8 Å². The Kier molecular flexibility index (Phi) is 5.02. The number of carbonyl (C=O) groups is 1. The molecular weight excluding hydrogens is 316 g/mol. The smallest absolute Gasteiger partial charge is 0.226 e. The normalized spacial score (nSPS) is 16.3. The summed E-state index contributed by atoms with van der Waals surface area (Å²) >= 11 is 1.54. The van der Waals surface area contributed by atoms with Crippen molar-refractivity contribution in [3.63, 3.8) is 0 Å². The largest absolute Gasteiger partial charge is 0.497 e. The van der Waals surface area contributed by atoms with Gasteiger partial charge in [-0.2, -0.15) is 10.3 Å². The standard InChI is InChI=1S/C15H18N4O3S/c1-21-12-3-2-10-6-11(9-22-13(10)7-12)15(20)16-4-5-23-14-8-17-19-18-14/h2-3,7-8,11H,4-6,9H2,1H3,(H,16,20)(H,17,18,19). The Morgan fingerprint density at radius 3 is 3.26 bits per heavy atom. The van der Waals surface area contributed by atoms with Gasteiger partial charge in [0.15, 0.2) is 0 Å². The van der Waals surface area contributed by atoms with Crippen LogP contribution in [0.1, 0.15) is 5.56 Å². The van der Waals surface area contributed by atoms with Crippen molar-refractivity contribution < 1.29 is 14.3 Å². The lowest BCUT2D eigenvalue weighted by atomic mass is 9.96. The molecule has 0 radical (unpaired) electrons. The minimum atomic E-state index is -0.159. The first kappa shape index (κ1) is 15.7. The van der Waals surface area contributed by atoms with Crippen LogP contribution in [0.25, 0.3) is 0 Å². The number of hydrogen-bond donors (Lipinski definition) is 2. The third kappa shape index (κ3) is 3.95. The summed E-state index contributed by atoms with van der Waals surface area (Å²) in [6.07, 6.45) is 2.34. The van der Waals surface area contributed by atoms with Gasteiger partial charge in [-0.25, -0.2) is 0 Å². The molecule has 7 nitrogen and oxygen atoms in total. The van der Waals surface area contributed by atoms with Gasteiger partial charge in [-0.15, -0.1) is 16.9 Å². The van der Waals surface area contributed by atoms with Gasteiger partial charge < -0.3 is 14.8 Å². The Bertz CT molecular complexity index is 663. The maximum Gasteiger partial charge on any atom is 0.226 e. The van der Waals surface area contributed by atoms with E-state index in [0.29, 0.717) is 19.6 Å². The maximum absolute atomic E-state index is 12.2. The molecule has 0 spiro atoms. The zero-order valence-corrected chi connectivity index (χ0v) is 13.6. The van der Waals surface area contributed by atoms with Crippen LogP contribution in [0.5, 0.6) is 11.5 Å². The van der Waals surface area contributed by atoms with E-state index in [1.165, 1.54) is 0 Å². The van der Waals surface area contributed by atoms with E-state index in [2.05, 4.69) is 20.7 Å². The molecule has 0 saturated heterocycles. The van der Waals surface area contributed by atoms with Crippen LogP contribution in [0.3, 0.4) is 0 Å². The van der Waals surface area contributed by atoms with Crippen LogP contribution in [-0.2, 0) is 11.2 Å². The van der Waals surface area contributed by atoms with Gasteiger partial charge in [0.2, 0.25) is 5.91 Å². The number of fused-ring (bicyclic) bond motifs is 1. The summed E-state index contributed by atoms with van der Waals surface area (Å²) in [5.74, 6) is 2.17. The highest BCUT2D eigenvalue weighted by Gasteiger charge is 2.26. The number of aromatic amines is 1. The maximum atomic E-state index is 12.2. The van der Waals surface area contributed by atoms with Gasteiger partial charge in [0.05, 0.1) is 19.2 Å². The van der Waals surface area contributed by atoms with Crippen molar-refractivity contribution in [1.29, 1.82) is 0 Å². The molecule has 0 aliphatic carbocycles. The van der Waals surface area contributed by atoms with Gasteiger partial charge in [0, 0.05) is 18.4 Å². The molecule has 2 aromatic rings. The lowest BCUT2D eigenvalue weighted by molar-refractivity contribution is -0.126. The topological polar surface area (TPSA) is 89.1 Å². The third-order valence-corrected chi connectivity index (χ3v) is 4.50. The van der Waals surface area contributed by atoms with Crippen molar-refractivity contribution in [2.45, 2.75) is 11.4 Å². The second kappa shape index (κ2) is 7.36. The summed E-state index contributed by atoms with van der Waals surface area (Å²) in [7, 11) is 1.62. The zero-order valence-electron chi connectivity index (χ0n) is 12.7. The van der Waals surface area contributed by atoms with Gasteiger partial charge in [0.1, 0.15) is 23.1 Å². The Balaban J connectivity index is 1.47. The molecule has 0 saturated carbocycles. The van der Waals surface area contributed by atoms with Gasteiger partial charge in [0.25, 0.3) is 0 Å². The van der Waals surface area contributed by atoms with E-state index >= 15 is 0 Å². The molecule has 0 fully saturated rings. The van der Waals surface area contributed by atoms with E-state index in [9.17, 15) is 4.79 Å². The Morgan fingerprint density at radius 1 is 1.57 bits per heavy atom. The number of methoxy groups -OCH3 is 1. The first-order valence-electron chi connectivity index (χ1n) is 7.32. The van der Waals surface area contributed by atoms with Crippen molar-refractivity contribution in [3.8, 4) is 11.5 Å². The highest BCUT2D eigenvalue weighted by Crippen LogP contribution is 2.31. The number of nitrogens with one attached hydrogen (secondary N) is 2. The summed E-state index contributed by atoms with van der Waals surface area (Å²) in [6, 6.07) is 5.70. The van der Waals surface area contributed by atoms with E-state index in [4.69, 9.17) is 9.47 Å². The monoisotopic (exact) mass is 334 g/mol. The van der Waals surface area contributed by atoms with Crippen LogP contribution in [0, 0.1) is 5.92 Å². The first-order chi connectivity index (χ1) is 11.3. The first-order valence-corrected chi connectivity index (χ1v) is 8.31. The molecule has 1 aliphatic rings. The number of ether oxygens (including phenoxy) is 2. The number of thioether (sulfide) groups is 1. The summed E-state index contributed by atoms with van der Waals surface area (Å²) in [6.45, 7) is 0.977. The summed E-state index contributed by atoms with van der Waals surface area (Å²) in [5.41, 5.74) is 1.04. The number of carbonyl (C=O) groups excluding carboxylic acids is 1. The Labute approximate surface area is 138 Å². The van der Waals surface area contributed by atoms with E-state index < -0.39 is 0 Å². The van der Waals surface area contributed by atoms with E-state index in [0.717, 1.165) is 27.8 Å². The number of H-pyrrole nitrogens is 1. The number of nitrogens with zero attached hydrogens (tertiary/aromatic N) is 2. The minimum absolute atomic E-state index is 0.0206. The van der Waals surface area contributed by atoms with Crippen molar-refractivity contribution in [2.24, 2.45) is 5.92 Å². The van der Waals surface area contributed by atoms with E-state index in [-0.39, 0.29) is 11.8 Å². The van der Waals surface area contributed by atoms with Gasteiger partial charge in [-0.1, -0.05) is 6.07 Å².